The third-order valence-electron chi connectivity index (χ3n) is 2.20. The first-order chi connectivity index (χ1) is 7.94. The summed E-state index contributed by atoms with van der Waals surface area (Å²) in [5, 5.41) is 0. The van der Waals surface area contributed by atoms with Crippen molar-refractivity contribution in [2.24, 2.45) is 5.73 Å². The molecule has 0 aliphatic rings. The molecular formula is C11H14F4N2. The SMILES string of the molecule is NCCCN(CC(F)(F)F)c1ccccc1F. The number of hydrogen-bond acceptors (Lipinski definition) is 2. The number of benzene rings is 1. The van der Waals surface area contributed by atoms with Crippen LogP contribution in [0.4, 0.5) is 23.2 Å². The highest BCUT2D eigenvalue weighted by molar-refractivity contribution is 5.47. The van der Waals surface area contributed by atoms with Gasteiger partial charge in [0.05, 0.1) is 5.69 Å². The average molecular weight is 250 g/mol. The predicted octanol–water partition coefficient (Wildman–Crippen LogP) is 2.54. The Morgan fingerprint density at radius 1 is 1.18 bits per heavy atom. The smallest absolute Gasteiger partial charge is 0.360 e. The Hall–Kier alpha value is -1.30. The van der Waals surface area contributed by atoms with Crippen LogP contribution in [0.1, 0.15) is 6.42 Å². The summed E-state index contributed by atoms with van der Waals surface area (Å²) in [6, 6.07) is 5.41. The third-order valence-corrected chi connectivity index (χ3v) is 2.20. The van der Waals surface area contributed by atoms with E-state index < -0.39 is 18.5 Å². The fourth-order valence-electron chi connectivity index (χ4n) is 1.49. The van der Waals surface area contributed by atoms with Gasteiger partial charge in [0.1, 0.15) is 12.4 Å². The van der Waals surface area contributed by atoms with Crippen molar-refractivity contribution >= 4 is 5.69 Å². The molecule has 1 aromatic carbocycles. The third kappa shape index (κ3) is 4.60. The van der Waals surface area contributed by atoms with Crippen LogP contribution in [0.25, 0.3) is 0 Å². The van der Waals surface area contributed by atoms with E-state index in [2.05, 4.69) is 0 Å². The van der Waals surface area contributed by atoms with Crippen LogP contribution >= 0.6 is 0 Å². The van der Waals surface area contributed by atoms with Gasteiger partial charge in [0.2, 0.25) is 0 Å². The molecule has 0 radical (unpaired) electrons. The van der Waals surface area contributed by atoms with Crippen molar-refractivity contribution < 1.29 is 17.6 Å². The molecule has 0 spiro atoms. The highest BCUT2D eigenvalue weighted by Crippen LogP contribution is 2.24. The summed E-state index contributed by atoms with van der Waals surface area (Å²) in [5.74, 6) is -0.659. The van der Waals surface area contributed by atoms with Crippen molar-refractivity contribution in [3.63, 3.8) is 0 Å². The van der Waals surface area contributed by atoms with Gasteiger partial charge in [-0.15, -0.1) is 0 Å². The second kappa shape index (κ2) is 5.86. The standard InChI is InChI=1S/C11H14F4N2/c12-9-4-1-2-5-10(9)17(7-3-6-16)8-11(13,14)15/h1-2,4-5H,3,6-8,16H2. The number of halogens is 4. The Balaban J connectivity index is 2.86. The highest BCUT2D eigenvalue weighted by Gasteiger charge is 2.31. The van der Waals surface area contributed by atoms with E-state index in [1.807, 2.05) is 0 Å². The van der Waals surface area contributed by atoms with Gasteiger partial charge in [0.25, 0.3) is 0 Å². The minimum Gasteiger partial charge on any atom is -0.360 e. The molecule has 1 aromatic rings. The fraction of sp³-hybridized carbons (Fsp3) is 0.455. The summed E-state index contributed by atoms with van der Waals surface area (Å²) in [6.07, 6.45) is -3.98. The molecular weight excluding hydrogens is 236 g/mol. The molecule has 6 heteroatoms. The minimum absolute atomic E-state index is 0.0433. The molecule has 0 bridgehead atoms. The molecule has 0 unspecified atom stereocenters. The van der Waals surface area contributed by atoms with Crippen molar-refractivity contribution in [3.8, 4) is 0 Å². The number of para-hydroxylation sites is 1. The normalized spacial score (nSPS) is 11.6. The molecule has 0 saturated heterocycles. The number of alkyl halides is 3. The van der Waals surface area contributed by atoms with E-state index in [0.717, 1.165) is 11.0 Å². The Bertz CT molecular complexity index is 352. The molecule has 1 rings (SSSR count). The molecule has 0 aromatic heterocycles. The van der Waals surface area contributed by atoms with E-state index in [0.29, 0.717) is 6.42 Å². The van der Waals surface area contributed by atoms with Crippen LogP contribution in [0.5, 0.6) is 0 Å². The Morgan fingerprint density at radius 2 is 1.82 bits per heavy atom. The van der Waals surface area contributed by atoms with Gasteiger partial charge >= 0.3 is 6.18 Å². The molecule has 0 atom stereocenters. The van der Waals surface area contributed by atoms with Gasteiger partial charge in [-0.1, -0.05) is 12.1 Å². The van der Waals surface area contributed by atoms with Crippen LogP contribution in [-0.2, 0) is 0 Å². The molecule has 96 valence electrons. The van der Waals surface area contributed by atoms with Gasteiger partial charge in [-0.2, -0.15) is 13.2 Å². The maximum absolute atomic E-state index is 13.4. The largest absolute Gasteiger partial charge is 0.405 e. The monoisotopic (exact) mass is 250 g/mol. The summed E-state index contributed by atoms with van der Waals surface area (Å²) < 4.78 is 50.5. The van der Waals surface area contributed by atoms with Crippen LogP contribution < -0.4 is 10.6 Å². The summed E-state index contributed by atoms with van der Waals surface area (Å²) in [5.41, 5.74) is 5.21. The van der Waals surface area contributed by atoms with E-state index in [1.54, 1.807) is 0 Å². The Kier molecular flexibility index (Phi) is 4.74. The minimum atomic E-state index is -4.36. The van der Waals surface area contributed by atoms with E-state index in [-0.39, 0.29) is 18.8 Å². The molecule has 17 heavy (non-hydrogen) atoms. The van der Waals surface area contributed by atoms with Crippen LogP contribution in [0.2, 0.25) is 0 Å². The molecule has 0 aliphatic heterocycles. The van der Waals surface area contributed by atoms with E-state index in [1.165, 1.54) is 18.2 Å². The number of nitrogens with two attached hydrogens (primary N) is 1. The number of rotatable bonds is 5. The van der Waals surface area contributed by atoms with Crippen molar-refractivity contribution in [3.05, 3.63) is 30.1 Å². The Morgan fingerprint density at radius 3 is 2.35 bits per heavy atom. The lowest BCUT2D eigenvalue weighted by molar-refractivity contribution is -0.119. The Labute approximate surface area is 97.0 Å². The van der Waals surface area contributed by atoms with Crippen LogP contribution in [-0.4, -0.2) is 25.8 Å². The first-order valence-corrected chi connectivity index (χ1v) is 5.20. The van der Waals surface area contributed by atoms with Crippen molar-refractivity contribution in [1.82, 2.24) is 0 Å². The van der Waals surface area contributed by atoms with Gasteiger partial charge in [-0.25, -0.2) is 4.39 Å². The lowest BCUT2D eigenvalue weighted by Crippen LogP contribution is -2.36. The molecule has 0 amide bonds. The van der Waals surface area contributed by atoms with Gasteiger partial charge in [0, 0.05) is 6.54 Å². The summed E-state index contributed by atoms with van der Waals surface area (Å²) >= 11 is 0. The van der Waals surface area contributed by atoms with Crippen molar-refractivity contribution in [2.45, 2.75) is 12.6 Å². The fourth-order valence-corrected chi connectivity index (χ4v) is 1.49. The van der Waals surface area contributed by atoms with Gasteiger partial charge in [-0.05, 0) is 25.1 Å². The lowest BCUT2D eigenvalue weighted by atomic mass is 10.2. The van der Waals surface area contributed by atoms with Crippen LogP contribution in [0.3, 0.4) is 0 Å². The molecule has 0 saturated carbocycles. The number of hydrogen-bond donors (Lipinski definition) is 1. The topological polar surface area (TPSA) is 29.3 Å². The molecule has 0 aliphatic carbocycles. The zero-order chi connectivity index (χ0) is 12.9. The van der Waals surface area contributed by atoms with Crippen molar-refractivity contribution in [1.29, 1.82) is 0 Å². The zero-order valence-electron chi connectivity index (χ0n) is 9.17. The van der Waals surface area contributed by atoms with E-state index in [4.69, 9.17) is 5.73 Å². The second-order valence-corrected chi connectivity index (χ2v) is 3.63. The first-order valence-electron chi connectivity index (χ1n) is 5.20. The molecule has 2 N–H and O–H groups in total. The van der Waals surface area contributed by atoms with E-state index >= 15 is 0 Å². The quantitative estimate of drug-likeness (QED) is 0.814. The van der Waals surface area contributed by atoms with Crippen LogP contribution in [0.15, 0.2) is 24.3 Å². The summed E-state index contributed by atoms with van der Waals surface area (Å²) in [7, 11) is 0. The average Bonchev–Trinajstić information content (AvgIpc) is 2.23. The predicted molar refractivity (Wildman–Crippen MR) is 58.3 cm³/mol. The van der Waals surface area contributed by atoms with Crippen LogP contribution in [0, 0.1) is 5.82 Å². The maximum atomic E-state index is 13.4. The zero-order valence-corrected chi connectivity index (χ0v) is 9.17. The molecule has 2 nitrogen and oxygen atoms in total. The second-order valence-electron chi connectivity index (χ2n) is 3.63. The number of nitrogens with zero attached hydrogens (tertiary/aromatic N) is 1. The molecule has 0 heterocycles. The van der Waals surface area contributed by atoms with E-state index in [9.17, 15) is 17.6 Å². The summed E-state index contributed by atoms with van der Waals surface area (Å²) in [6.45, 7) is -0.826. The lowest BCUT2D eigenvalue weighted by Gasteiger charge is -2.26. The number of anilines is 1. The highest BCUT2D eigenvalue weighted by atomic mass is 19.4. The molecule has 0 fully saturated rings. The van der Waals surface area contributed by atoms with Crippen molar-refractivity contribution in [2.75, 3.05) is 24.5 Å². The van der Waals surface area contributed by atoms with Gasteiger partial charge in [-0.3, -0.25) is 0 Å². The summed E-state index contributed by atoms with van der Waals surface area (Å²) in [4.78, 5) is 0.961. The van der Waals surface area contributed by atoms with Gasteiger partial charge < -0.3 is 10.6 Å². The first kappa shape index (κ1) is 13.8. The maximum Gasteiger partial charge on any atom is 0.405 e. The van der Waals surface area contributed by atoms with Gasteiger partial charge in [0.15, 0.2) is 0 Å².